The van der Waals surface area contributed by atoms with Crippen LogP contribution in [0.1, 0.15) is 24.9 Å². The van der Waals surface area contributed by atoms with Gasteiger partial charge < -0.3 is 10.1 Å². The lowest BCUT2D eigenvalue weighted by Crippen LogP contribution is -2.30. The third-order valence-electron chi connectivity index (χ3n) is 2.31. The zero-order chi connectivity index (χ0) is 12.8. The molecule has 1 N–H and O–H groups in total. The Labute approximate surface area is 108 Å². The van der Waals surface area contributed by atoms with Crippen molar-refractivity contribution in [2.45, 2.75) is 19.4 Å². The van der Waals surface area contributed by atoms with Crippen LogP contribution in [0.2, 0.25) is 0 Å². The molecule has 1 unspecified atom stereocenters. The minimum absolute atomic E-state index is 0.375. The zero-order valence-electron chi connectivity index (χ0n) is 9.80. The fraction of sp³-hybridized carbons (Fsp3) is 0.417. The number of rotatable bonds is 5. The largest absolute Gasteiger partial charge is 0.468 e. The lowest BCUT2D eigenvalue weighted by Gasteiger charge is -2.16. The fourth-order valence-electron chi connectivity index (χ4n) is 1.44. The normalized spacial score (nSPS) is 12.2. The van der Waals surface area contributed by atoms with E-state index in [4.69, 9.17) is 4.74 Å². The van der Waals surface area contributed by atoms with Crippen molar-refractivity contribution in [2.75, 3.05) is 13.7 Å². The van der Waals surface area contributed by atoms with Crippen molar-refractivity contribution in [1.82, 2.24) is 5.32 Å². The third-order valence-corrected chi connectivity index (χ3v) is 2.96. The van der Waals surface area contributed by atoms with Crippen molar-refractivity contribution >= 4 is 21.9 Å². The predicted octanol–water partition coefficient (Wildman–Crippen LogP) is 2.80. The van der Waals surface area contributed by atoms with E-state index in [1.807, 2.05) is 6.92 Å². The molecule has 0 amide bonds. The lowest BCUT2D eigenvalue weighted by molar-refractivity contribution is -0.143. The SMILES string of the molecule is CCCNC(C(=O)OC)c1ccc(Br)c(F)c1. The summed E-state index contributed by atoms with van der Waals surface area (Å²) in [6.45, 7) is 2.65. The zero-order valence-corrected chi connectivity index (χ0v) is 11.4. The van der Waals surface area contributed by atoms with Gasteiger partial charge in [0.1, 0.15) is 11.9 Å². The molecule has 0 radical (unpaired) electrons. The summed E-state index contributed by atoms with van der Waals surface area (Å²) in [5.74, 6) is -0.810. The Balaban J connectivity index is 2.95. The van der Waals surface area contributed by atoms with Gasteiger partial charge in [0.15, 0.2) is 0 Å². The maximum absolute atomic E-state index is 13.4. The number of methoxy groups -OCH3 is 1. The maximum Gasteiger partial charge on any atom is 0.327 e. The van der Waals surface area contributed by atoms with Crippen LogP contribution < -0.4 is 5.32 Å². The molecule has 1 rings (SSSR count). The Morgan fingerprint density at radius 1 is 1.59 bits per heavy atom. The lowest BCUT2D eigenvalue weighted by atomic mass is 10.1. The smallest absolute Gasteiger partial charge is 0.327 e. The molecule has 3 nitrogen and oxygen atoms in total. The van der Waals surface area contributed by atoms with Gasteiger partial charge in [0.2, 0.25) is 0 Å². The molecule has 0 aliphatic rings. The highest BCUT2D eigenvalue weighted by Crippen LogP contribution is 2.21. The second kappa shape index (κ2) is 6.71. The highest BCUT2D eigenvalue weighted by molar-refractivity contribution is 9.10. The molecule has 1 aromatic carbocycles. The summed E-state index contributed by atoms with van der Waals surface area (Å²) in [6.07, 6.45) is 0.881. The van der Waals surface area contributed by atoms with Crippen LogP contribution in [-0.4, -0.2) is 19.6 Å². The van der Waals surface area contributed by atoms with Crippen LogP contribution in [0, 0.1) is 5.82 Å². The number of benzene rings is 1. The van der Waals surface area contributed by atoms with E-state index in [9.17, 15) is 9.18 Å². The summed E-state index contributed by atoms with van der Waals surface area (Å²) in [5, 5.41) is 3.03. The first-order valence-electron chi connectivity index (χ1n) is 5.36. The Morgan fingerprint density at radius 3 is 2.82 bits per heavy atom. The van der Waals surface area contributed by atoms with Gasteiger partial charge in [0.05, 0.1) is 11.6 Å². The molecular weight excluding hydrogens is 289 g/mol. The molecule has 17 heavy (non-hydrogen) atoms. The topological polar surface area (TPSA) is 38.3 Å². The first-order chi connectivity index (χ1) is 8.10. The molecule has 94 valence electrons. The molecule has 0 aliphatic heterocycles. The molecule has 1 atom stereocenters. The van der Waals surface area contributed by atoms with Crippen LogP contribution >= 0.6 is 15.9 Å². The number of ether oxygens (including phenoxy) is 1. The first-order valence-corrected chi connectivity index (χ1v) is 6.15. The number of nitrogens with one attached hydrogen (secondary N) is 1. The van der Waals surface area contributed by atoms with E-state index in [0.29, 0.717) is 16.6 Å². The van der Waals surface area contributed by atoms with Crippen molar-refractivity contribution in [2.24, 2.45) is 0 Å². The van der Waals surface area contributed by atoms with Gasteiger partial charge in [0, 0.05) is 0 Å². The van der Waals surface area contributed by atoms with Crippen molar-refractivity contribution in [3.8, 4) is 0 Å². The summed E-state index contributed by atoms with van der Waals surface area (Å²) in [7, 11) is 1.32. The number of hydrogen-bond acceptors (Lipinski definition) is 3. The van der Waals surface area contributed by atoms with Crippen LogP contribution in [-0.2, 0) is 9.53 Å². The minimum atomic E-state index is -0.623. The van der Waals surface area contributed by atoms with Crippen LogP contribution in [0.25, 0.3) is 0 Å². The molecular formula is C12H15BrFNO2. The van der Waals surface area contributed by atoms with E-state index in [1.165, 1.54) is 13.2 Å². The fourth-order valence-corrected chi connectivity index (χ4v) is 1.68. The van der Waals surface area contributed by atoms with E-state index in [0.717, 1.165) is 6.42 Å². The van der Waals surface area contributed by atoms with Crippen molar-refractivity contribution in [3.05, 3.63) is 34.1 Å². The molecule has 0 aliphatic carbocycles. The molecule has 0 heterocycles. The minimum Gasteiger partial charge on any atom is -0.468 e. The van der Waals surface area contributed by atoms with E-state index in [-0.39, 0.29) is 0 Å². The van der Waals surface area contributed by atoms with Crippen molar-refractivity contribution < 1.29 is 13.9 Å². The average molecular weight is 304 g/mol. The Kier molecular flexibility index (Phi) is 5.58. The Bertz CT molecular complexity index is 398. The van der Waals surface area contributed by atoms with E-state index < -0.39 is 17.8 Å². The molecule has 0 bridgehead atoms. The van der Waals surface area contributed by atoms with Gasteiger partial charge in [-0.05, 0) is 46.6 Å². The monoisotopic (exact) mass is 303 g/mol. The van der Waals surface area contributed by atoms with Crippen LogP contribution in [0.15, 0.2) is 22.7 Å². The number of carbonyl (C=O) groups excluding carboxylic acids is 1. The van der Waals surface area contributed by atoms with Crippen molar-refractivity contribution in [3.63, 3.8) is 0 Å². The number of carbonyl (C=O) groups is 1. The Hall–Kier alpha value is -0.940. The molecule has 0 aromatic heterocycles. The molecule has 0 saturated heterocycles. The molecule has 0 spiro atoms. The Morgan fingerprint density at radius 2 is 2.29 bits per heavy atom. The average Bonchev–Trinajstić information content (AvgIpc) is 2.33. The summed E-state index contributed by atoms with van der Waals surface area (Å²) >= 11 is 3.07. The number of halogens is 2. The van der Waals surface area contributed by atoms with E-state index in [2.05, 4.69) is 21.2 Å². The first kappa shape index (κ1) is 14.1. The van der Waals surface area contributed by atoms with Crippen LogP contribution in [0.4, 0.5) is 4.39 Å². The summed E-state index contributed by atoms with van der Waals surface area (Å²) in [5.41, 5.74) is 0.561. The van der Waals surface area contributed by atoms with E-state index in [1.54, 1.807) is 12.1 Å². The van der Waals surface area contributed by atoms with Gasteiger partial charge in [-0.15, -0.1) is 0 Å². The molecule has 1 aromatic rings. The van der Waals surface area contributed by atoms with Crippen LogP contribution in [0.3, 0.4) is 0 Å². The van der Waals surface area contributed by atoms with Crippen LogP contribution in [0.5, 0.6) is 0 Å². The van der Waals surface area contributed by atoms with Gasteiger partial charge in [-0.3, -0.25) is 0 Å². The van der Waals surface area contributed by atoms with Crippen molar-refractivity contribution in [1.29, 1.82) is 0 Å². The third kappa shape index (κ3) is 3.78. The van der Waals surface area contributed by atoms with Gasteiger partial charge in [-0.1, -0.05) is 13.0 Å². The van der Waals surface area contributed by atoms with Gasteiger partial charge >= 0.3 is 5.97 Å². The van der Waals surface area contributed by atoms with Gasteiger partial charge in [0.25, 0.3) is 0 Å². The number of hydrogen-bond donors (Lipinski definition) is 1. The van der Waals surface area contributed by atoms with Gasteiger partial charge in [-0.2, -0.15) is 0 Å². The maximum atomic E-state index is 13.4. The second-order valence-electron chi connectivity index (χ2n) is 3.58. The summed E-state index contributed by atoms with van der Waals surface area (Å²) in [4.78, 5) is 11.6. The van der Waals surface area contributed by atoms with Gasteiger partial charge in [-0.25, -0.2) is 9.18 Å². The highest BCUT2D eigenvalue weighted by atomic mass is 79.9. The summed E-state index contributed by atoms with van der Waals surface area (Å²) in [6, 6.07) is 3.97. The number of esters is 1. The highest BCUT2D eigenvalue weighted by Gasteiger charge is 2.21. The summed E-state index contributed by atoms with van der Waals surface area (Å²) < 4.78 is 18.5. The molecule has 0 fully saturated rings. The predicted molar refractivity (Wildman–Crippen MR) is 67.2 cm³/mol. The standard InChI is InChI=1S/C12H15BrFNO2/c1-3-6-15-11(12(16)17-2)8-4-5-9(13)10(14)7-8/h4-5,7,11,15H,3,6H2,1-2H3. The molecule has 0 saturated carbocycles. The quantitative estimate of drug-likeness (QED) is 0.850. The van der Waals surface area contributed by atoms with E-state index >= 15 is 0 Å². The molecule has 5 heteroatoms. The second-order valence-corrected chi connectivity index (χ2v) is 4.44.